The van der Waals surface area contributed by atoms with Gasteiger partial charge >= 0.3 is 5.97 Å². The Morgan fingerprint density at radius 2 is 2.07 bits per heavy atom. The summed E-state index contributed by atoms with van der Waals surface area (Å²) >= 11 is 0. The smallest absolute Gasteiger partial charge is 0.338 e. The van der Waals surface area contributed by atoms with Crippen LogP contribution in [0, 0.1) is 11.6 Å². The van der Waals surface area contributed by atoms with Gasteiger partial charge in [-0.15, -0.1) is 0 Å². The molecular weight excluding hydrogens is 210 g/mol. The summed E-state index contributed by atoms with van der Waals surface area (Å²) in [5.74, 6) is -8.20. The highest BCUT2D eigenvalue weighted by atomic mass is 19.1. The summed E-state index contributed by atoms with van der Waals surface area (Å²) in [5.41, 5.74) is -1.20. The first kappa shape index (κ1) is 5.29. The molecule has 0 atom stereocenters. The number of rotatable bonds is 3. The lowest BCUT2D eigenvalue weighted by Gasteiger charge is -2.09. The molecule has 0 aromatic heterocycles. The van der Waals surface area contributed by atoms with Crippen LogP contribution in [0.15, 0.2) is 6.07 Å². The van der Waals surface area contributed by atoms with Gasteiger partial charge in [0.2, 0.25) is 5.82 Å². The van der Waals surface area contributed by atoms with E-state index in [1.807, 2.05) is 0 Å². The number of hydrogen-bond donors (Lipinski definition) is 1. The Labute approximate surface area is 92.5 Å². The van der Waals surface area contributed by atoms with Crippen molar-refractivity contribution in [2.75, 3.05) is 14.1 Å². The number of hydrogen-bond acceptors (Lipinski definition) is 3. The van der Waals surface area contributed by atoms with Crippen LogP contribution < -0.4 is 9.47 Å². The summed E-state index contributed by atoms with van der Waals surface area (Å²) in [7, 11) is -6.44. The summed E-state index contributed by atoms with van der Waals surface area (Å²) in [4.78, 5) is 10.8. The summed E-state index contributed by atoms with van der Waals surface area (Å²) in [5, 5.41) is 8.75. The third-order valence-corrected chi connectivity index (χ3v) is 1.57. The molecular formula is C9H8F2O4. The lowest BCUT2D eigenvalue weighted by Crippen LogP contribution is -2.06. The molecule has 1 rings (SSSR count). The van der Waals surface area contributed by atoms with Crippen LogP contribution >= 0.6 is 0 Å². The van der Waals surface area contributed by atoms with Gasteiger partial charge in [-0.3, -0.25) is 0 Å². The number of carboxylic acids is 1. The number of aromatic carboxylic acids is 1. The lowest BCUT2D eigenvalue weighted by atomic mass is 10.1. The Morgan fingerprint density at radius 1 is 1.40 bits per heavy atom. The third kappa shape index (κ3) is 1.83. The zero-order valence-corrected chi connectivity index (χ0v) is 7.01. The molecule has 0 spiro atoms. The Balaban J connectivity index is 3.50. The normalized spacial score (nSPS) is 17.5. The van der Waals surface area contributed by atoms with Gasteiger partial charge in [0.25, 0.3) is 0 Å². The molecule has 0 amide bonds. The molecule has 1 aromatic carbocycles. The van der Waals surface area contributed by atoms with Crippen LogP contribution in [0.4, 0.5) is 8.78 Å². The highest BCUT2D eigenvalue weighted by molar-refractivity contribution is 5.89. The van der Waals surface area contributed by atoms with Crippen LogP contribution in [0.25, 0.3) is 0 Å². The second-order valence-electron chi connectivity index (χ2n) is 2.39. The molecule has 82 valence electrons. The van der Waals surface area contributed by atoms with E-state index in [0.717, 1.165) is 0 Å². The van der Waals surface area contributed by atoms with Crippen molar-refractivity contribution in [1.82, 2.24) is 0 Å². The predicted octanol–water partition coefficient (Wildman–Crippen LogP) is 1.68. The third-order valence-electron chi connectivity index (χ3n) is 1.57. The second kappa shape index (κ2) is 4.12. The van der Waals surface area contributed by atoms with Crippen molar-refractivity contribution in [2.45, 2.75) is 0 Å². The quantitative estimate of drug-likeness (QED) is 0.848. The maximum atomic E-state index is 13.9. The maximum absolute atomic E-state index is 13.9. The van der Waals surface area contributed by atoms with Gasteiger partial charge < -0.3 is 14.6 Å². The minimum atomic E-state index is -3.28. The van der Waals surface area contributed by atoms with E-state index in [1.54, 1.807) is 0 Å². The Bertz CT molecular complexity index is 569. The van der Waals surface area contributed by atoms with Gasteiger partial charge in [0.05, 0.1) is 22.3 Å². The molecule has 0 aliphatic heterocycles. The van der Waals surface area contributed by atoms with Crippen LogP contribution in [0.2, 0.25) is 0 Å². The highest BCUT2D eigenvalue weighted by Crippen LogP contribution is 2.32. The largest absolute Gasteiger partial charge is 0.494 e. The van der Waals surface area contributed by atoms with E-state index in [2.05, 4.69) is 9.47 Å². The minimum Gasteiger partial charge on any atom is -0.494 e. The van der Waals surface area contributed by atoms with E-state index in [0.29, 0.717) is 0 Å². The highest BCUT2D eigenvalue weighted by Gasteiger charge is 2.23. The number of halogens is 2. The van der Waals surface area contributed by atoms with E-state index in [1.165, 1.54) is 0 Å². The molecule has 0 radical (unpaired) electrons. The van der Waals surface area contributed by atoms with Crippen LogP contribution in [0.3, 0.4) is 0 Å². The molecule has 0 unspecified atom stereocenters. The molecule has 0 aliphatic carbocycles. The first-order valence-electron chi connectivity index (χ1n) is 6.45. The molecule has 0 saturated carbocycles. The number of methoxy groups -OCH3 is 2. The molecule has 0 fully saturated rings. The molecule has 4 nitrogen and oxygen atoms in total. The van der Waals surface area contributed by atoms with Gasteiger partial charge in [-0.25, -0.2) is 9.18 Å². The van der Waals surface area contributed by atoms with E-state index in [-0.39, 0.29) is 6.07 Å². The fraction of sp³-hybridized carbons (Fsp3) is 0.222. The molecule has 0 heterocycles. The van der Waals surface area contributed by atoms with Crippen molar-refractivity contribution in [2.24, 2.45) is 0 Å². The van der Waals surface area contributed by atoms with Crippen molar-refractivity contribution < 1.29 is 36.4 Å². The zero-order chi connectivity index (χ0) is 16.6. The van der Waals surface area contributed by atoms with E-state index in [9.17, 15) is 13.6 Å². The van der Waals surface area contributed by atoms with Crippen molar-refractivity contribution in [3.63, 3.8) is 0 Å². The molecule has 0 aliphatic rings. The number of carbonyl (C=O) groups is 1. The van der Waals surface area contributed by atoms with Gasteiger partial charge in [-0.2, -0.15) is 4.39 Å². The van der Waals surface area contributed by atoms with Gasteiger partial charge in [0, 0.05) is 6.07 Å². The topological polar surface area (TPSA) is 55.8 Å². The zero-order valence-electron chi connectivity index (χ0n) is 13.0. The fourth-order valence-corrected chi connectivity index (χ4v) is 0.908. The van der Waals surface area contributed by atoms with Crippen LogP contribution in [-0.2, 0) is 0 Å². The van der Waals surface area contributed by atoms with Gasteiger partial charge in [-0.05, 0) is 0 Å². The second-order valence-corrected chi connectivity index (χ2v) is 2.39. The Hall–Kier alpha value is -1.85. The van der Waals surface area contributed by atoms with Crippen molar-refractivity contribution in [1.29, 1.82) is 0 Å². The average Bonchev–Trinajstić information content (AvgIpc) is 2.24. The number of carboxylic acid groups (broad SMARTS) is 1. The van der Waals surface area contributed by atoms with Crippen LogP contribution in [0.5, 0.6) is 11.5 Å². The first-order chi connectivity index (χ1) is 9.32. The van der Waals surface area contributed by atoms with E-state index >= 15 is 0 Å². The van der Waals surface area contributed by atoms with Gasteiger partial charge in [-0.1, -0.05) is 0 Å². The SMILES string of the molecule is [2H]C([2H])([2H])Oc1cc(C(=O)O)c(F)c(OC([2H])([2H])[2H])c1F. The molecule has 6 heteroatoms. The Morgan fingerprint density at radius 3 is 2.60 bits per heavy atom. The van der Waals surface area contributed by atoms with Crippen LogP contribution in [0.1, 0.15) is 18.6 Å². The fourth-order valence-electron chi connectivity index (χ4n) is 0.908. The predicted molar refractivity (Wildman–Crippen MR) is 46.4 cm³/mol. The van der Waals surface area contributed by atoms with Gasteiger partial charge in [0.15, 0.2) is 17.3 Å². The molecule has 0 saturated heterocycles. The van der Waals surface area contributed by atoms with E-state index < -0.39 is 48.7 Å². The molecule has 15 heavy (non-hydrogen) atoms. The maximum Gasteiger partial charge on any atom is 0.338 e. The van der Waals surface area contributed by atoms with Gasteiger partial charge in [0.1, 0.15) is 5.56 Å². The monoisotopic (exact) mass is 224 g/mol. The number of ether oxygens (including phenoxy) is 2. The molecule has 1 aromatic rings. The van der Waals surface area contributed by atoms with Crippen molar-refractivity contribution >= 4 is 5.97 Å². The van der Waals surface area contributed by atoms with Crippen molar-refractivity contribution in [3.8, 4) is 11.5 Å². The lowest BCUT2D eigenvalue weighted by molar-refractivity contribution is 0.0690. The minimum absolute atomic E-state index is 0.283. The summed E-state index contributed by atoms with van der Waals surface area (Å²) < 4.78 is 76.5. The standard InChI is InChI=1S/C9H8F2O4/c1-14-5-3-4(9(12)13)6(10)8(15-2)7(5)11/h3H,1-2H3,(H,12,13)/i1D3,2D3. The average molecular weight is 224 g/mol. The van der Waals surface area contributed by atoms with E-state index in [4.69, 9.17) is 13.3 Å². The summed E-state index contributed by atoms with van der Waals surface area (Å²) in [6.45, 7) is 0. The van der Waals surface area contributed by atoms with Crippen LogP contribution in [-0.4, -0.2) is 25.2 Å². The Kier molecular flexibility index (Phi) is 1.45. The molecule has 1 N–H and O–H groups in total. The summed E-state index contributed by atoms with van der Waals surface area (Å²) in [6.07, 6.45) is 0. The number of benzene rings is 1. The van der Waals surface area contributed by atoms with Crippen molar-refractivity contribution in [3.05, 3.63) is 23.3 Å². The first-order valence-corrected chi connectivity index (χ1v) is 3.45. The molecule has 0 bridgehead atoms. The summed E-state index contributed by atoms with van der Waals surface area (Å²) in [6, 6.07) is 0.283.